The Kier molecular flexibility index (Phi) is 5.42. The quantitative estimate of drug-likeness (QED) is 0.439. The number of rotatable bonds is 6. The van der Waals surface area contributed by atoms with Crippen LogP contribution in [0, 0.1) is 0 Å². The minimum atomic E-state index is 0.234. The molecule has 0 radical (unpaired) electrons. The molecule has 15 heavy (non-hydrogen) atoms. The van der Waals surface area contributed by atoms with Gasteiger partial charge in [0, 0.05) is 31.9 Å². The van der Waals surface area contributed by atoms with Gasteiger partial charge in [-0.05, 0) is 6.42 Å². The fourth-order valence-electron chi connectivity index (χ4n) is 1.07. The normalized spacial score (nSPS) is 10.3. The van der Waals surface area contributed by atoms with Gasteiger partial charge in [0.2, 0.25) is 0 Å². The van der Waals surface area contributed by atoms with Crippen molar-refractivity contribution in [3.05, 3.63) is 11.9 Å². The summed E-state index contributed by atoms with van der Waals surface area (Å²) in [5, 5.41) is 12.7. The second kappa shape index (κ2) is 6.63. The van der Waals surface area contributed by atoms with Crippen LogP contribution in [-0.4, -0.2) is 34.5 Å². The number of nitrogens with zero attached hydrogens (tertiary/aromatic N) is 2. The first-order valence-electron chi connectivity index (χ1n) is 5.09. The van der Waals surface area contributed by atoms with E-state index >= 15 is 0 Å². The molecule has 0 fully saturated rings. The average molecular weight is 227 g/mol. The van der Waals surface area contributed by atoms with E-state index in [2.05, 4.69) is 15.3 Å². The lowest BCUT2D eigenvalue weighted by Crippen LogP contribution is -2.00. The van der Waals surface area contributed by atoms with Gasteiger partial charge in [-0.3, -0.25) is 0 Å². The maximum absolute atomic E-state index is 8.69. The molecule has 0 bridgehead atoms. The van der Waals surface area contributed by atoms with E-state index in [4.69, 9.17) is 5.11 Å². The summed E-state index contributed by atoms with van der Waals surface area (Å²) in [5.41, 5.74) is 0. The van der Waals surface area contributed by atoms with Crippen molar-refractivity contribution in [3.8, 4) is 0 Å². The molecule has 0 saturated heterocycles. The molecular weight excluding hydrogens is 210 g/mol. The van der Waals surface area contributed by atoms with Crippen LogP contribution < -0.4 is 5.32 Å². The Morgan fingerprint density at radius 2 is 2.27 bits per heavy atom. The molecule has 0 aromatic carbocycles. The molecule has 0 aliphatic heterocycles. The van der Waals surface area contributed by atoms with Crippen molar-refractivity contribution >= 4 is 17.6 Å². The highest BCUT2D eigenvalue weighted by molar-refractivity contribution is 7.99. The first-order valence-corrected chi connectivity index (χ1v) is 6.08. The Labute approximate surface area is 94.5 Å². The van der Waals surface area contributed by atoms with Crippen molar-refractivity contribution in [3.63, 3.8) is 0 Å². The van der Waals surface area contributed by atoms with Crippen molar-refractivity contribution in [2.24, 2.45) is 0 Å². The fraction of sp³-hybridized carbons (Fsp3) is 0.600. The van der Waals surface area contributed by atoms with E-state index in [9.17, 15) is 0 Å². The van der Waals surface area contributed by atoms with Gasteiger partial charge in [0.15, 0.2) is 0 Å². The summed E-state index contributed by atoms with van der Waals surface area (Å²) in [5.74, 6) is 2.60. The number of hydrogen-bond donors (Lipinski definition) is 2. The monoisotopic (exact) mass is 227 g/mol. The first-order chi connectivity index (χ1) is 7.30. The van der Waals surface area contributed by atoms with Crippen molar-refractivity contribution in [2.45, 2.75) is 24.8 Å². The van der Waals surface area contributed by atoms with Crippen molar-refractivity contribution in [1.82, 2.24) is 9.97 Å². The SMILES string of the molecule is CCc1nc(NC)cc(SCCCO)n1. The number of anilines is 1. The molecule has 0 atom stereocenters. The minimum absolute atomic E-state index is 0.234. The van der Waals surface area contributed by atoms with Crippen LogP contribution in [0.3, 0.4) is 0 Å². The zero-order valence-electron chi connectivity index (χ0n) is 9.16. The summed E-state index contributed by atoms with van der Waals surface area (Å²) in [4.78, 5) is 8.72. The summed E-state index contributed by atoms with van der Waals surface area (Å²) in [7, 11) is 1.85. The van der Waals surface area contributed by atoms with Crippen LogP contribution in [0.15, 0.2) is 11.1 Å². The molecule has 4 nitrogen and oxygen atoms in total. The van der Waals surface area contributed by atoms with Gasteiger partial charge in [0.05, 0.1) is 0 Å². The van der Waals surface area contributed by atoms with Gasteiger partial charge in [0.25, 0.3) is 0 Å². The molecule has 0 aliphatic rings. The maximum atomic E-state index is 8.69. The molecule has 0 unspecified atom stereocenters. The lowest BCUT2D eigenvalue weighted by Gasteiger charge is -2.05. The number of thioether (sulfide) groups is 1. The smallest absolute Gasteiger partial charge is 0.131 e. The van der Waals surface area contributed by atoms with Gasteiger partial charge in [-0.2, -0.15) is 0 Å². The number of nitrogens with one attached hydrogen (secondary N) is 1. The summed E-state index contributed by atoms with van der Waals surface area (Å²) in [6.07, 6.45) is 1.63. The lowest BCUT2D eigenvalue weighted by molar-refractivity contribution is 0.296. The third-order valence-electron chi connectivity index (χ3n) is 1.87. The molecular formula is C10H17N3OS. The zero-order valence-corrected chi connectivity index (χ0v) is 9.97. The number of aryl methyl sites for hydroxylation is 1. The topological polar surface area (TPSA) is 58.0 Å². The summed E-state index contributed by atoms with van der Waals surface area (Å²) >= 11 is 1.65. The third-order valence-corrected chi connectivity index (χ3v) is 2.87. The lowest BCUT2D eigenvalue weighted by atomic mass is 10.4. The second-order valence-electron chi connectivity index (χ2n) is 3.04. The Bertz CT molecular complexity index is 284. The summed E-state index contributed by atoms with van der Waals surface area (Å²) in [6.45, 7) is 2.27. The van der Waals surface area contributed by atoms with Crippen LogP contribution in [0.2, 0.25) is 0 Å². The highest BCUT2D eigenvalue weighted by Crippen LogP contribution is 2.19. The molecule has 0 aliphatic carbocycles. The predicted molar refractivity (Wildman–Crippen MR) is 63.4 cm³/mol. The van der Waals surface area contributed by atoms with Gasteiger partial charge >= 0.3 is 0 Å². The van der Waals surface area contributed by atoms with E-state index < -0.39 is 0 Å². The van der Waals surface area contributed by atoms with E-state index in [0.29, 0.717) is 0 Å². The van der Waals surface area contributed by atoms with Gasteiger partial charge in [-0.15, -0.1) is 11.8 Å². The van der Waals surface area contributed by atoms with E-state index in [-0.39, 0.29) is 6.61 Å². The summed E-state index contributed by atoms with van der Waals surface area (Å²) < 4.78 is 0. The maximum Gasteiger partial charge on any atom is 0.131 e. The molecule has 1 aromatic rings. The van der Waals surface area contributed by atoms with Crippen LogP contribution in [0.1, 0.15) is 19.2 Å². The number of aliphatic hydroxyl groups is 1. The zero-order chi connectivity index (χ0) is 11.1. The Morgan fingerprint density at radius 3 is 2.87 bits per heavy atom. The summed E-state index contributed by atoms with van der Waals surface area (Å²) in [6, 6.07) is 1.93. The molecule has 0 saturated carbocycles. The average Bonchev–Trinajstić information content (AvgIpc) is 2.29. The van der Waals surface area contributed by atoms with Crippen molar-refractivity contribution < 1.29 is 5.11 Å². The second-order valence-corrected chi connectivity index (χ2v) is 4.15. The largest absolute Gasteiger partial charge is 0.396 e. The molecule has 1 rings (SSSR count). The predicted octanol–water partition coefficient (Wildman–Crippen LogP) is 1.56. The Hall–Kier alpha value is -0.810. The highest BCUT2D eigenvalue weighted by Gasteiger charge is 2.02. The van der Waals surface area contributed by atoms with E-state index in [0.717, 1.165) is 35.3 Å². The Balaban J connectivity index is 2.68. The van der Waals surface area contributed by atoms with Gasteiger partial charge < -0.3 is 10.4 Å². The van der Waals surface area contributed by atoms with Gasteiger partial charge in [-0.1, -0.05) is 6.92 Å². The molecule has 84 valence electrons. The molecule has 0 spiro atoms. The van der Waals surface area contributed by atoms with Gasteiger partial charge in [0.1, 0.15) is 16.7 Å². The first kappa shape index (κ1) is 12.3. The van der Waals surface area contributed by atoms with Crippen LogP contribution >= 0.6 is 11.8 Å². The standard InChI is InChI=1S/C10H17N3OS/c1-3-8-12-9(11-2)7-10(13-8)15-6-4-5-14/h7,14H,3-6H2,1-2H3,(H,11,12,13). The van der Waals surface area contributed by atoms with Crippen LogP contribution in [0.5, 0.6) is 0 Å². The number of aromatic nitrogens is 2. The van der Waals surface area contributed by atoms with E-state index in [1.807, 2.05) is 20.0 Å². The van der Waals surface area contributed by atoms with Crippen molar-refractivity contribution in [1.29, 1.82) is 0 Å². The molecule has 5 heteroatoms. The van der Waals surface area contributed by atoms with Crippen molar-refractivity contribution in [2.75, 3.05) is 24.7 Å². The molecule has 0 amide bonds. The molecule has 1 aromatic heterocycles. The molecule has 2 N–H and O–H groups in total. The van der Waals surface area contributed by atoms with Crippen LogP contribution in [0.25, 0.3) is 0 Å². The minimum Gasteiger partial charge on any atom is -0.396 e. The van der Waals surface area contributed by atoms with Gasteiger partial charge in [-0.25, -0.2) is 9.97 Å². The molecule has 1 heterocycles. The van der Waals surface area contributed by atoms with E-state index in [1.54, 1.807) is 11.8 Å². The van der Waals surface area contributed by atoms with E-state index in [1.165, 1.54) is 0 Å². The third kappa shape index (κ3) is 4.05. The number of aliphatic hydroxyl groups excluding tert-OH is 1. The Morgan fingerprint density at radius 1 is 1.47 bits per heavy atom. The highest BCUT2D eigenvalue weighted by atomic mass is 32.2. The number of hydrogen-bond acceptors (Lipinski definition) is 5. The van der Waals surface area contributed by atoms with Crippen LogP contribution in [0.4, 0.5) is 5.82 Å². The van der Waals surface area contributed by atoms with Crippen LogP contribution in [-0.2, 0) is 6.42 Å². The fourth-order valence-corrected chi connectivity index (χ4v) is 1.92.